The van der Waals surface area contributed by atoms with Gasteiger partial charge in [0, 0.05) is 13.2 Å². The van der Waals surface area contributed by atoms with Gasteiger partial charge in [0.2, 0.25) is 11.2 Å². The van der Waals surface area contributed by atoms with Crippen LogP contribution in [0, 0.1) is 0 Å². The van der Waals surface area contributed by atoms with Crippen LogP contribution < -0.4 is 10.5 Å². The number of halogens is 1. The third-order valence-corrected chi connectivity index (χ3v) is 2.03. The van der Waals surface area contributed by atoms with Crippen molar-refractivity contribution < 1.29 is 9.53 Å². The van der Waals surface area contributed by atoms with Crippen LogP contribution in [-0.4, -0.2) is 20.6 Å². The molecule has 0 bridgehead atoms. The van der Waals surface area contributed by atoms with Crippen LogP contribution in [0.4, 0.5) is 4.79 Å². The molecule has 1 amide bonds. The highest BCUT2D eigenvalue weighted by molar-refractivity contribution is 6.28. The van der Waals surface area contributed by atoms with Gasteiger partial charge in [-0.1, -0.05) is 13.8 Å². The summed E-state index contributed by atoms with van der Waals surface area (Å²) in [5.74, 6) is 0.0677. The van der Waals surface area contributed by atoms with E-state index in [1.165, 1.54) is 0 Å². The predicted octanol–water partition coefficient (Wildman–Crippen LogP) is 2.11. The van der Waals surface area contributed by atoms with Gasteiger partial charge in [-0.05, 0) is 17.7 Å². The number of fused-ring (bicyclic) bond motifs is 1. The molecule has 0 spiro atoms. The SMILES string of the molecule is CC.Cn1ccc2c(OC(N)=O)nc(Cl)nc21. The van der Waals surface area contributed by atoms with E-state index in [1.807, 2.05) is 13.8 Å². The van der Waals surface area contributed by atoms with E-state index in [1.54, 1.807) is 23.9 Å². The zero-order chi connectivity index (χ0) is 13.0. The van der Waals surface area contributed by atoms with E-state index in [9.17, 15) is 4.79 Å². The van der Waals surface area contributed by atoms with Gasteiger partial charge in [0.1, 0.15) is 5.65 Å². The summed E-state index contributed by atoms with van der Waals surface area (Å²) in [7, 11) is 1.79. The van der Waals surface area contributed by atoms with Crippen molar-refractivity contribution in [2.24, 2.45) is 12.8 Å². The summed E-state index contributed by atoms with van der Waals surface area (Å²) in [5.41, 5.74) is 5.48. The van der Waals surface area contributed by atoms with Crippen LogP contribution in [0.3, 0.4) is 0 Å². The van der Waals surface area contributed by atoms with E-state index < -0.39 is 6.09 Å². The second-order valence-electron chi connectivity index (χ2n) is 2.88. The molecule has 0 atom stereocenters. The fourth-order valence-electron chi connectivity index (χ4n) is 1.26. The average molecular weight is 257 g/mol. The number of hydrogen-bond acceptors (Lipinski definition) is 4. The summed E-state index contributed by atoms with van der Waals surface area (Å²) in [5, 5.41) is 0.584. The summed E-state index contributed by atoms with van der Waals surface area (Å²) >= 11 is 5.67. The lowest BCUT2D eigenvalue weighted by molar-refractivity contribution is 0.209. The summed E-state index contributed by atoms with van der Waals surface area (Å²) in [4.78, 5) is 18.4. The van der Waals surface area contributed by atoms with E-state index in [2.05, 4.69) is 9.97 Å². The molecule has 0 saturated carbocycles. The average Bonchev–Trinajstić information content (AvgIpc) is 2.63. The molecule has 0 fully saturated rings. The lowest BCUT2D eigenvalue weighted by atomic mass is 10.4. The smallest absolute Gasteiger partial charge is 0.391 e. The number of aryl methyl sites for hydroxylation is 1. The first-order valence-corrected chi connectivity index (χ1v) is 5.41. The molecule has 0 aliphatic heterocycles. The van der Waals surface area contributed by atoms with Crippen LogP contribution >= 0.6 is 11.6 Å². The third-order valence-electron chi connectivity index (χ3n) is 1.86. The Morgan fingerprint density at radius 3 is 2.71 bits per heavy atom. The molecular weight excluding hydrogens is 244 g/mol. The maximum atomic E-state index is 10.6. The lowest BCUT2D eigenvalue weighted by Crippen LogP contribution is -2.17. The highest BCUT2D eigenvalue weighted by Crippen LogP contribution is 2.24. The molecular formula is C10H13ClN4O2. The lowest BCUT2D eigenvalue weighted by Gasteiger charge is -2.02. The number of rotatable bonds is 1. The largest absolute Gasteiger partial charge is 0.411 e. The summed E-state index contributed by atoms with van der Waals surface area (Å²) < 4.78 is 6.44. The monoisotopic (exact) mass is 256 g/mol. The fraction of sp³-hybridized carbons (Fsp3) is 0.300. The Hall–Kier alpha value is -1.82. The van der Waals surface area contributed by atoms with Crippen LogP contribution in [-0.2, 0) is 7.05 Å². The Kier molecular flexibility index (Phi) is 4.28. The molecule has 0 aliphatic rings. The molecule has 0 aliphatic carbocycles. The standard InChI is InChI=1S/C8H7ClN4O2.C2H6/c1-13-3-2-4-5(13)11-7(9)12-6(4)15-8(10)14;1-2/h2-3H,1H3,(H2,10,14);1-2H3. The molecule has 7 heteroatoms. The molecule has 2 rings (SSSR count). The van der Waals surface area contributed by atoms with E-state index >= 15 is 0 Å². The van der Waals surface area contributed by atoms with Gasteiger partial charge in [-0.2, -0.15) is 9.97 Å². The number of nitrogens with zero attached hydrogens (tertiary/aromatic N) is 3. The Morgan fingerprint density at radius 2 is 2.12 bits per heavy atom. The zero-order valence-corrected chi connectivity index (χ0v) is 10.5. The van der Waals surface area contributed by atoms with Crippen molar-refractivity contribution in [3.05, 3.63) is 17.5 Å². The van der Waals surface area contributed by atoms with Crippen LogP contribution in [0.2, 0.25) is 5.28 Å². The normalized spacial score (nSPS) is 9.65. The van der Waals surface area contributed by atoms with E-state index in [-0.39, 0.29) is 11.2 Å². The molecule has 0 radical (unpaired) electrons. The molecule has 6 nitrogen and oxygen atoms in total. The minimum absolute atomic E-state index is 0.000509. The Labute approximate surface area is 103 Å². The van der Waals surface area contributed by atoms with E-state index in [0.29, 0.717) is 11.0 Å². The number of primary amides is 1. The molecule has 92 valence electrons. The first-order valence-electron chi connectivity index (χ1n) is 5.04. The Bertz CT molecular complexity index is 538. The molecule has 0 unspecified atom stereocenters. The summed E-state index contributed by atoms with van der Waals surface area (Å²) in [6.45, 7) is 4.00. The molecule has 0 aromatic carbocycles. The van der Waals surface area contributed by atoms with Crippen LogP contribution in [0.15, 0.2) is 12.3 Å². The predicted molar refractivity (Wildman–Crippen MR) is 65.1 cm³/mol. The van der Waals surface area contributed by atoms with Crippen LogP contribution in [0.5, 0.6) is 5.88 Å². The number of carbonyl (C=O) groups excluding carboxylic acids is 1. The maximum absolute atomic E-state index is 10.6. The molecule has 17 heavy (non-hydrogen) atoms. The molecule has 2 N–H and O–H groups in total. The van der Waals surface area contributed by atoms with Gasteiger partial charge < -0.3 is 15.0 Å². The van der Waals surface area contributed by atoms with Crippen LogP contribution in [0.25, 0.3) is 11.0 Å². The van der Waals surface area contributed by atoms with Gasteiger partial charge in [0.05, 0.1) is 5.39 Å². The van der Waals surface area contributed by atoms with Gasteiger partial charge in [-0.25, -0.2) is 4.79 Å². The second kappa shape index (κ2) is 5.49. The number of ether oxygens (including phenoxy) is 1. The van der Waals surface area contributed by atoms with Crippen molar-refractivity contribution in [1.82, 2.24) is 14.5 Å². The van der Waals surface area contributed by atoms with E-state index in [0.717, 1.165) is 0 Å². The zero-order valence-electron chi connectivity index (χ0n) is 9.77. The van der Waals surface area contributed by atoms with Crippen molar-refractivity contribution in [2.75, 3.05) is 0 Å². The summed E-state index contributed by atoms with van der Waals surface area (Å²) in [6.07, 6.45) is 0.818. The Balaban J connectivity index is 0.000000686. The minimum atomic E-state index is -0.935. The third kappa shape index (κ3) is 2.85. The molecule has 0 saturated heterocycles. The van der Waals surface area contributed by atoms with E-state index in [4.69, 9.17) is 22.1 Å². The van der Waals surface area contributed by atoms with Crippen molar-refractivity contribution in [3.8, 4) is 5.88 Å². The van der Waals surface area contributed by atoms with Crippen molar-refractivity contribution >= 4 is 28.7 Å². The maximum Gasteiger partial charge on any atom is 0.411 e. The number of amides is 1. The second-order valence-corrected chi connectivity index (χ2v) is 3.22. The topological polar surface area (TPSA) is 83.0 Å². The first kappa shape index (κ1) is 13.2. The van der Waals surface area contributed by atoms with Crippen molar-refractivity contribution in [1.29, 1.82) is 0 Å². The number of nitrogens with two attached hydrogens (primary N) is 1. The number of aromatic nitrogens is 3. The highest BCUT2D eigenvalue weighted by Gasteiger charge is 2.12. The molecule has 2 aromatic rings. The Morgan fingerprint density at radius 1 is 1.47 bits per heavy atom. The van der Waals surface area contributed by atoms with Gasteiger partial charge >= 0.3 is 6.09 Å². The fourth-order valence-corrected chi connectivity index (χ4v) is 1.41. The van der Waals surface area contributed by atoms with Gasteiger partial charge in [0.25, 0.3) is 0 Å². The van der Waals surface area contributed by atoms with Gasteiger partial charge in [-0.3, -0.25) is 0 Å². The highest BCUT2D eigenvalue weighted by atomic mass is 35.5. The summed E-state index contributed by atoms with van der Waals surface area (Å²) in [6, 6.07) is 1.71. The number of hydrogen-bond donors (Lipinski definition) is 1. The first-order chi connectivity index (χ1) is 8.08. The van der Waals surface area contributed by atoms with Gasteiger partial charge in [-0.15, -0.1) is 0 Å². The quantitative estimate of drug-likeness (QED) is 0.792. The number of carbonyl (C=O) groups is 1. The van der Waals surface area contributed by atoms with Crippen LogP contribution in [0.1, 0.15) is 13.8 Å². The minimum Gasteiger partial charge on any atom is -0.391 e. The van der Waals surface area contributed by atoms with Crippen molar-refractivity contribution in [3.63, 3.8) is 0 Å². The molecule has 2 heterocycles. The van der Waals surface area contributed by atoms with Crippen molar-refractivity contribution in [2.45, 2.75) is 13.8 Å². The van der Waals surface area contributed by atoms with Gasteiger partial charge in [0.15, 0.2) is 0 Å². The molecule has 2 aromatic heterocycles.